The minimum Gasteiger partial charge on any atom is -0.309 e. The Morgan fingerprint density at radius 2 is 0.740 bits per heavy atom. The first-order valence-electron chi connectivity index (χ1n) is 17.2. The van der Waals surface area contributed by atoms with Gasteiger partial charge in [0, 0.05) is 32.8 Å². The van der Waals surface area contributed by atoms with Gasteiger partial charge in [-0.15, -0.1) is 0 Å². The Balaban J connectivity index is 1.15. The molecule has 0 amide bonds. The molecule has 50 heavy (non-hydrogen) atoms. The molecule has 0 unspecified atom stereocenters. The highest BCUT2D eigenvalue weighted by molar-refractivity contribution is 6.11. The molecule has 0 fully saturated rings. The highest BCUT2D eigenvalue weighted by atomic mass is 15.0. The SMILES string of the molecule is c1ccc(-c2ccc3c4ccccc4n(-c4ccccc4-c4cccc(-c5ccc6c7ccccc7n(-c7ccccc7)c6c5)c4)c3c2)cc1. The molecule has 2 heterocycles. The van der Waals surface area contributed by atoms with E-state index in [0.29, 0.717) is 0 Å². The largest absolute Gasteiger partial charge is 0.309 e. The zero-order valence-electron chi connectivity index (χ0n) is 27.4. The van der Waals surface area contributed by atoms with Crippen molar-refractivity contribution in [2.24, 2.45) is 0 Å². The standard InChI is InChI=1S/C48H32N2/c1-3-14-33(15-4-1)35-26-28-43-41-22-9-12-25-46(41)50(48(43)31-35)44-23-10-7-20-39(44)37-17-13-16-34(30-37)36-27-29-42-40-21-8-11-24-45(40)49(47(42)32-36)38-18-5-2-6-19-38/h1-32H. The van der Waals surface area contributed by atoms with Crippen molar-refractivity contribution in [2.75, 3.05) is 0 Å². The van der Waals surface area contributed by atoms with E-state index in [1.54, 1.807) is 0 Å². The van der Waals surface area contributed by atoms with Crippen LogP contribution in [0.15, 0.2) is 194 Å². The topological polar surface area (TPSA) is 9.86 Å². The molecule has 0 atom stereocenters. The van der Waals surface area contributed by atoms with Crippen LogP contribution in [0.25, 0.3) is 88.4 Å². The zero-order chi connectivity index (χ0) is 33.0. The van der Waals surface area contributed by atoms with E-state index in [0.717, 1.165) is 0 Å². The first-order chi connectivity index (χ1) is 24.8. The summed E-state index contributed by atoms with van der Waals surface area (Å²) in [6.45, 7) is 0. The third-order valence-electron chi connectivity index (χ3n) is 10.1. The predicted molar refractivity (Wildman–Crippen MR) is 211 cm³/mol. The summed E-state index contributed by atoms with van der Waals surface area (Å²) in [4.78, 5) is 0. The van der Waals surface area contributed by atoms with Gasteiger partial charge in [-0.3, -0.25) is 0 Å². The van der Waals surface area contributed by atoms with Crippen LogP contribution in [0.3, 0.4) is 0 Å². The molecule has 0 saturated carbocycles. The number of benzene rings is 8. The van der Waals surface area contributed by atoms with Gasteiger partial charge in [-0.25, -0.2) is 0 Å². The summed E-state index contributed by atoms with van der Waals surface area (Å²) in [6.07, 6.45) is 0. The van der Waals surface area contributed by atoms with Gasteiger partial charge in [0.25, 0.3) is 0 Å². The normalized spacial score (nSPS) is 11.6. The van der Waals surface area contributed by atoms with E-state index in [4.69, 9.17) is 0 Å². The summed E-state index contributed by atoms with van der Waals surface area (Å²) in [7, 11) is 0. The summed E-state index contributed by atoms with van der Waals surface area (Å²) >= 11 is 0. The van der Waals surface area contributed by atoms with Gasteiger partial charge >= 0.3 is 0 Å². The zero-order valence-corrected chi connectivity index (χ0v) is 27.4. The van der Waals surface area contributed by atoms with Crippen LogP contribution in [0.5, 0.6) is 0 Å². The lowest BCUT2D eigenvalue weighted by atomic mass is 9.97. The summed E-state index contributed by atoms with van der Waals surface area (Å²) in [6, 6.07) is 70.4. The monoisotopic (exact) mass is 636 g/mol. The van der Waals surface area contributed by atoms with Gasteiger partial charge in [0.05, 0.1) is 27.8 Å². The maximum absolute atomic E-state index is 2.45. The Morgan fingerprint density at radius 1 is 0.260 bits per heavy atom. The number of aromatic nitrogens is 2. The van der Waals surface area contributed by atoms with Crippen molar-refractivity contribution in [3.8, 4) is 44.8 Å². The number of fused-ring (bicyclic) bond motifs is 6. The van der Waals surface area contributed by atoms with Gasteiger partial charge in [0.2, 0.25) is 0 Å². The van der Waals surface area contributed by atoms with Gasteiger partial charge in [-0.2, -0.15) is 0 Å². The first kappa shape index (κ1) is 28.4. The van der Waals surface area contributed by atoms with Gasteiger partial charge in [-0.05, 0) is 76.3 Å². The summed E-state index contributed by atoms with van der Waals surface area (Å²) in [5, 5.41) is 5.04. The van der Waals surface area contributed by atoms with Gasteiger partial charge in [0.1, 0.15) is 0 Å². The highest BCUT2D eigenvalue weighted by Gasteiger charge is 2.17. The van der Waals surface area contributed by atoms with Crippen LogP contribution in [0, 0.1) is 0 Å². The number of rotatable bonds is 5. The first-order valence-corrected chi connectivity index (χ1v) is 17.2. The minimum absolute atomic E-state index is 1.17. The molecule has 8 aromatic carbocycles. The third kappa shape index (κ3) is 4.50. The van der Waals surface area contributed by atoms with Crippen molar-refractivity contribution in [3.05, 3.63) is 194 Å². The lowest BCUT2D eigenvalue weighted by Gasteiger charge is -2.15. The molecule has 2 heteroatoms. The minimum atomic E-state index is 1.17. The second kappa shape index (κ2) is 11.5. The second-order valence-corrected chi connectivity index (χ2v) is 13.0. The fourth-order valence-electron chi connectivity index (χ4n) is 7.82. The summed E-state index contributed by atoms with van der Waals surface area (Å²) < 4.78 is 4.84. The molecule has 0 N–H and O–H groups in total. The van der Waals surface area contributed by atoms with E-state index < -0.39 is 0 Å². The van der Waals surface area contributed by atoms with E-state index in [-0.39, 0.29) is 0 Å². The van der Waals surface area contributed by atoms with Crippen LogP contribution in [-0.2, 0) is 0 Å². The molecule has 0 bridgehead atoms. The fourth-order valence-corrected chi connectivity index (χ4v) is 7.82. The maximum Gasteiger partial charge on any atom is 0.0547 e. The van der Waals surface area contributed by atoms with Crippen LogP contribution in [0.4, 0.5) is 0 Å². The molecular weight excluding hydrogens is 605 g/mol. The molecule has 2 nitrogen and oxygen atoms in total. The maximum atomic E-state index is 2.45. The van der Waals surface area contributed by atoms with Crippen molar-refractivity contribution >= 4 is 43.6 Å². The molecule has 2 aromatic heterocycles. The van der Waals surface area contributed by atoms with E-state index in [1.807, 2.05) is 0 Å². The highest BCUT2D eigenvalue weighted by Crippen LogP contribution is 2.40. The van der Waals surface area contributed by atoms with Crippen molar-refractivity contribution in [1.29, 1.82) is 0 Å². The van der Waals surface area contributed by atoms with Crippen molar-refractivity contribution in [2.45, 2.75) is 0 Å². The molecule has 10 rings (SSSR count). The average molecular weight is 637 g/mol. The van der Waals surface area contributed by atoms with E-state index in [9.17, 15) is 0 Å². The van der Waals surface area contributed by atoms with Gasteiger partial charge in [-0.1, -0.05) is 146 Å². The van der Waals surface area contributed by atoms with Crippen LogP contribution in [-0.4, -0.2) is 9.13 Å². The molecule has 0 radical (unpaired) electrons. The molecule has 0 saturated heterocycles. The van der Waals surface area contributed by atoms with E-state index in [2.05, 4.69) is 203 Å². The Labute approximate surface area is 290 Å². The summed E-state index contributed by atoms with van der Waals surface area (Å²) in [5.74, 6) is 0. The van der Waals surface area contributed by atoms with Crippen molar-refractivity contribution in [1.82, 2.24) is 9.13 Å². The van der Waals surface area contributed by atoms with Crippen LogP contribution >= 0.6 is 0 Å². The molecular formula is C48H32N2. The average Bonchev–Trinajstić information content (AvgIpc) is 3.71. The molecule has 0 aliphatic rings. The molecule has 10 aromatic rings. The molecule has 234 valence electrons. The van der Waals surface area contributed by atoms with E-state index >= 15 is 0 Å². The number of hydrogen-bond acceptors (Lipinski definition) is 0. The Morgan fingerprint density at radius 3 is 1.46 bits per heavy atom. The Hall–Kier alpha value is -6.64. The van der Waals surface area contributed by atoms with Crippen LogP contribution in [0.1, 0.15) is 0 Å². The van der Waals surface area contributed by atoms with Crippen LogP contribution in [0.2, 0.25) is 0 Å². The molecule has 0 spiro atoms. The molecule has 0 aliphatic heterocycles. The van der Waals surface area contributed by atoms with Crippen molar-refractivity contribution in [3.63, 3.8) is 0 Å². The molecule has 0 aliphatic carbocycles. The number of hydrogen-bond donors (Lipinski definition) is 0. The lowest BCUT2D eigenvalue weighted by Crippen LogP contribution is -1.97. The summed E-state index contributed by atoms with van der Waals surface area (Å²) in [5.41, 5.74) is 14.4. The Kier molecular flexibility index (Phi) is 6.53. The number of nitrogens with zero attached hydrogens (tertiary/aromatic N) is 2. The lowest BCUT2D eigenvalue weighted by molar-refractivity contribution is 1.18. The van der Waals surface area contributed by atoms with Gasteiger partial charge in [0.15, 0.2) is 0 Å². The fraction of sp³-hybridized carbons (Fsp3) is 0. The smallest absolute Gasteiger partial charge is 0.0547 e. The van der Waals surface area contributed by atoms with Gasteiger partial charge < -0.3 is 9.13 Å². The Bertz CT molecular complexity index is 2860. The third-order valence-corrected chi connectivity index (χ3v) is 10.1. The number of para-hydroxylation sites is 4. The van der Waals surface area contributed by atoms with E-state index in [1.165, 1.54) is 88.4 Å². The predicted octanol–water partition coefficient (Wildman–Crippen LogP) is 12.9. The second-order valence-electron chi connectivity index (χ2n) is 13.0. The van der Waals surface area contributed by atoms with Crippen molar-refractivity contribution < 1.29 is 0 Å². The van der Waals surface area contributed by atoms with Crippen LogP contribution < -0.4 is 0 Å². The quantitative estimate of drug-likeness (QED) is 0.178.